The van der Waals surface area contributed by atoms with Gasteiger partial charge < -0.3 is 10.2 Å². The van der Waals surface area contributed by atoms with Gasteiger partial charge >= 0.3 is 0 Å². The van der Waals surface area contributed by atoms with Crippen LogP contribution in [-0.4, -0.2) is 50.0 Å². The topological polar surface area (TPSA) is 86.8 Å². The van der Waals surface area contributed by atoms with E-state index in [1.54, 1.807) is 4.90 Å². The van der Waals surface area contributed by atoms with Gasteiger partial charge in [-0.25, -0.2) is 8.42 Å². The summed E-state index contributed by atoms with van der Waals surface area (Å²) in [6, 6.07) is 15.0. The van der Waals surface area contributed by atoms with E-state index in [9.17, 15) is 18.0 Å². The molecule has 7 nitrogen and oxygen atoms in total. The van der Waals surface area contributed by atoms with E-state index in [4.69, 9.17) is 0 Å². The Bertz CT molecular complexity index is 1180. The minimum absolute atomic E-state index is 0.100. The van der Waals surface area contributed by atoms with Gasteiger partial charge in [0, 0.05) is 25.6 Å². The maximum Gasteiger partial charge on any atom is 0.243 e. The number of rotatable bonds is 12. The molecule has 0 radical (unpaired) electrons. The van der Waals surface area contributed by atoms with Crippen LogP contribution < -0.4 is 9.62 Å². The summed E-state index contributed by atoms with van der Waals surface area (Å²) < 4.78 is 26.7. The largest absolute Gasteiger partial charge is 0.352 e. The minimum Gasteiger partial charge on any atom is -0.352 e. The van der Waals surface area contributed by atoms with Gasteiger partial charge in [0.05, 0.1) is 11.9 Å². The molecule has 1 aliphatic rings. The first-order valence-corrected chi connectivity index (χ1v) is 15.6. The van der Waals surface area contributed by atoms with Crippen LogP contribution in [0.3, 0.4) is 0 Å². The van der Waals surface area contributed by atoms with Crippen molar-refractivity contribution >= 4 is 27.5 Å². The molecule has 1 atom stereocenters. The van der Waals surface area contributed by atoms with Gasteiger partial charge in [-0.15, -0.1) is 0 Å². The van der Waals surface area contributed by atoms with Gasteiger partial charge in [-0.3, -0.25) is 13.9 Å². The second-order valence-electron chi connectivity index (χ2n) is 10.5. The van der Waals surface area contributed by atoms with Gasteiger partial charge in [0.1, 0.15) is 6.04 Å². The van der Waals surface area contributed by atoms with E-state index in [1.165, 1.54) is 17.0 Å². The molecule has 0 aliphatic heterocycles. The fourth-order valence-corrected chi connectivity index (χ4v) is 6.23. The molecule has 2 aromatic rings. The molecule has 1 aliphatic carbocycles. The monoisotopic (exact) mass is 541 g/mol. The third-order valence-corrected chi connectivity index (χ3v) is 8.50. The number of carbonyl (C=O) groups excluding carboxylic acids is 2. The lowest BCUT2D eigenvalue weighted by Crippen LogP contribution is -2.51. The molecule has 2 aromatic carbocycles. The molecule has 0 heterocycles. The number of anilines is 1. The number of amides is 2. The highest BCUT2D eigenvalue weighted by molar-refractivity contribution is 7.92. The van der Waals surface area contributed by atoms with Crippen LogP contribution in [0.1, 0.15) is 75.0 Å². The highest BCUT2D eigenvalue weighted by atomic mass is 32.2. The average Bonchev–Trinajstić information content (AvgIpc) is 2.88. The zero-order valence-electron chi connectivity index (χ0n) is 23.3. The molecule has 1 saturated carbocycles. The Balaban J connectivity index is 1.75. The van der Waals surface area contributed by atoms with Crippen molar-refractivity contribution in [3.8, 4) is 0 Å². The van der Waals surface area contributed by atoms with Crippen LogP contribution in [0.5, 0.6) is 0 Å². The molecule has 38 heavy (non-hydrogen) atoms. The summed E-state index contributed by atoms with van der Waals surface area (Å²) in [6.45, 7) is 6.28. The zero-order chi connectivity index (χ0) is 27.7. The van der Waals surface area contributed by atoms with Crippen LogP contribution in [0.4, 0.5) is 5.69 Å². The van der Waals surface area contributed by atoms with E-state index in [0.29, 0.717) is 25.1 Å². The van der Waals surface area contributed by atoms with Crippen molar-refractivity contribution in [2.75, 3.05) is 17.1 Å². The second kappa shape index (κ2) is 13.8. The summed E-state index contributed by atoms with van der Waals surface area (Å²) in [4.78, 5) is 28.6. The van der Waals surface area contributed by atoms with Crippen molar-refractivity contribution in [3.05, 3.63) is 65.2 Å². The van der Waals surface area contributed by atoms with E-state index in [1.807, 2.05) is 69.3 Å². The first kappa shape index (κ1) is 29.7. The zero-order valence-corrected chi connectivity index (χ0v) is 24.1. The Morgan fingerprint density at radius 2 is 1.71 bits per heavy atom. The molecule has 1 N–H and O–H groups in total. The number of hydrogen-bond donors (Lipinski definition) is 1. The summed E-state index contributed by atoms with van der Waals surface area (Å²) in [5.74, 6) is -0.245. The molecule has 0 bridgehead atoms. The maximum absolute atomic E-state index is 13.6. The average molecular weight is 542 g/mol. The minimum atomic E-state index is -3.53. The summed E-state index contributed by atoms with van der Waals surface area (Å²) in [5.41, 5.74) is 3.43. The van der Waals surface area contributed by atoms with E-state index in [2.05, 4.69) is 5.32 Å². The molecule has 2 amide bonds. The Morgan fingerprint density at radius 1 is 1.03 bits per heavy atom. The van der Waals surface area contributed by atoms with Crippen LogP contribution >= 0.6 is 0 Å². The molecule has 8 heteroatoms. The van der Waals surface area contributed by atoms with Crippen molar-refractivity contribution in [1.29, 1.82) is 0 Å². The Hall–Kier alpha value is -2.87. The summed E-state index contributed by atoms with van der Waals surface area (Å²) in [7, 11) is -3.53. The lowest BCUT2D eigenvalue weighted by Gasteiger charge is -2.33. The maximum atomic E-state index is 13.6. The highest BCUT2D eigenvalue weighted by Crippen LogP contribution is 2.25. The number of carbonyl (C=O) groups is 2. The van der Waals surface area contributed by atoms with Gasteiger partial charge in [-0.05, 0) is 62.3 Å². The van der Waals surface area contributed by atoms with Crippen molar-refractivity contribution < 1.29 is 18.0 Å². The van der Waals surface area contributed by atoms with Crippen molar-refractivity contribution in [2.45, 2.75) is 90.8 Å². The van der Waals surface area contributed by atoms with Crippen LogP contribution in [-0.2, 0) is 26.2 Å². The lowest BCUT2D eigenvalue weighted by atomic mass is 9.95. The number of hydrogen-bond acceptors (Lipinski definition) is 4. The Labute approximate surface area is 228 Å². The second-order valence-corrected chi connectivity index (χ2v) is 12.4. The first-order chi connectivity index (χ1) is 18.1. The fraction of sp³-hybridized carbons (Fsp3) is 0.533. The quantitative estimate of drug-likeness (QED) is 0.405. The predicted octanol–water partition coefficient (Wildman–Crippen LogP) is 5.11. The predicted molar refractivity (Wildman–Crippen MR) is 153 cm³/mol. The van der Waals surface area contributed by atoms with Gasteiger partial charge in [-0.1, -0.05) is 68.7 Å². The molecule has 3 rings (SSSR count). The van der Waals surface area contributed by atoms with Gasteiger partial charge in [-0.2, -0.15) is 0 Å². The van der Waals surface area contributed by atoms with Crippen LogP contribution in [0, 0.1) is 13.8 Å². The number of nitrogens with one attached hydrogen (secondary N) is 1. The van der Waals surface area contributed by atoms with Gasteiger partial charge in [0.2, 0.25) is 21.8 Å². The van der Waals surface area contributed by atoms with Crippen LogP contribution in [0.2, 0.25) is 0 Å². The summed E-state index contributed by atoms with van der Waals surface area (Å²) in [6.07, 6.45) is 7.60. The van der Waals surface area contributed by atoms with Gasteiger partial charge in [0.15, 0.2) is 0 Å². The smallest absolute Gasteiger partial charge is 0.243 e. The number of sulfonamides is 1. The summed E-state index contributed by atoms with van der Waals surface area (Å²) in [5, 5.41) is 3.20. The normalized spacial score (nSPS) is 15.1. The lowest BCUT2D eigenvalue weighted by molar-refractivity contribution is -0.141. The molecule has 0 aromatic heterocycles. The first-order valence-electron chi connectivity index (χ1n) is 13.8. The van der Waals surface area contributed by atoms with Crippen molar-refractivity contribution in [2.24, 2.45) is 0 Å². The fourth-order valence-electron chi connectivity index (χ4n) is 5.21. The number of nitrogens with zero attached hydrogens (tertiary/aromatic N) is 2. The number of aryl methyl sites for hydroxylation is 2. The molecule has 1 fully saturated rings. The molecule has 0 spiro atoms. The van der Waals surface area contributed by atoms with Crippen LogP contribution in [0.25, 0.3) is 0 Å². The Kier molecular flexibility index (Phi) is 10.8. The third-order valence-electron chi connectivity index (χ3n) is 7.32. The third kappa shape index (κ3) is 8.32. The van der Waals surface area contributed by atoms with E-state index < -0.39 is 16.1 Å². The number of benzene rings is 2. The van der Waals surface area contributed by atoms with E-state index >= 15 is 0 Å². The standard InChI is InChI=1S/C30H43N3O4S/c1-5-27(30(35)31-26-15-10-7-11-16-26)32(22-25-13-8-6-9-14-25)29(34)17-12-20-33(38(4,36)37)28-21-23(2)18-19-24(28)3/h6,8-9,13-14,18-19,21,26-27H,5,7,10-12,15-17,20,22H2,1-4H3,(H,31,35)/t27-/m1/s1. The van der Waals surface area contributed by atoms with E-state index in [0.717, 1.165) is 42.4 Å². The van der Waals surface area contributed by atoms with Crippen LogP contribution in [0.15, 0.2) is 48.5 Å². The van der Waals surface area contributed by atoms with E-state index in [-0.39, 0.29) is 30.8 Å². The molecule has 0 unspecified atom stereocenters. The van der Waals surface area contributed by atoms with Gasteiger partial charge in [0.25, 0.3) is 0 Å². The molecule has 208 valence electrons. The molecule has 0 saturated heterocycles. The SMILES string of the molecule is CC[C@H](C(=O)NC1CCCCC1)N(Cc1ccccc1)C(=O)CCCN(c1cc(C)ccc1C)S(C)(=O)=O. The highest BCUT2D eigenvalue weighted by Gasteiger charge is 2.30. The van der Waals surface area contributed by atoms with Crippen molar-refractivity contribution in [1.82, 2.24) is 10.2 Å². The molecular formula is C30H43N3O4S. The Morgan fingerprint density at radius 3 is 2.34 bits per heavy atom. The van der Waals surface area contributed by atoms with Crippen molar-refractivity contribution in [3.63, 3.8) is 0 Å². The summed E-state index contributed by atoms with van der Waals surface area (Å²) >= 11 is 0. The molecular weight excluding hydrogens is 498 g/mol.